The third kappa shape index (κ3) is 15.5. The van der Waals surface area contributed by atoms with E-state index in [-0.39, 0.29) is 49.5 Å². The van der Waals surface area contributed by atoms with Crippen LogP contribution in [0.5, 0.6) is 0 Å². The Balaban J connectivity index is 1.31. The van der Waals surface area contributed by atoms with E-state index >= 15 is 4.79 Å². The summed E-state index contributed by atoms with van der Waals surface area (Å²) in [5, 5.41) is 65.0. The molecule has 1 saturated carbocycles. The second kappa shape index (κ2) is 26.9. The zero-order chi connectivity index (χ0) is 55.3. The van der Waals surface area contributed by atoms with Gasteiger partial charge in [0.15, 0.2) is 0 Å². The van der Waals surface area contributed by atoms with Gasteiger partial charge in [-0.3, -0.25) is 9.59 Å². The summed E-state index contributed by atoms with van der Waals surface area (Å²) in [6.45, 7) is 5.47. The first kappa shape index (κ1) is 57.2. The molecule has 3 aromatic rings. The van der Waals surface area contributed by atoms with Gasteiger partial charge >= 0.3 is 12.1 Å². The highest BCUT2D eigenvalue weighted by atomic mass is 32.2. The van der Waals surface area contributed by atoms with Crippen LogP contribution in [-0.4, -0.2) is 98.1 Å². The van der Waals surface area contributed by atoms with E-state index in [1.54, 1.807) is 39.8 Å². The van der Waals surface area contributed by atoms with Crippen LogP contribution in [0.4, 0.5) is 10.5 Å². The van der Waals surface area contributed by atoms with E-state index in [4.69, 9.17) is 19.7 Å². The van der Waals surface area contributed by atoms with Crippen molar-refractivity contribution in [2.24, 2.45) is 105 Å². The zero-order valence-electron chi connectivity index (χ0n) is 42.0. The lowest BCUT2D eigenvalue weighted by Gasteiger charge is -2.33. The van der Waals surface area contributed by atoms with Crippen LogP contribution in [0.15, 0.2) is 195 Å². The molecular weight excluding hydrogens is 1030 g/mol. The van der Waals surface area contributed by atoms with Gasteiger partial charge in [0, 0.05) is 43.0 Å². The number of carbonyl (C=O) groups excluding carboxylic acids is 4. The first-order valence-corrected chi connectivity index (χ1v) is 24.7. The molecule has 2 aliphatic heterocycles. The predicted octanol–water partition coefficient (Wildman–Crippen LogP) is 9.14. The van der Waals surface area contributed by atoms with Crippen molar-refractivity contribution >= 4 is 39.6 Å². The van der Waals surface area contributed by atoms with Crippen molar-refractivity contribution in [2.75, 3.05) is 33.4 Å². The number of esters is 1. The van der Waals surface area contributed by atoms with Gasteiger partial charge < -0.3 is 29.7 Å². The molecule has 0 spiro atoms. The Morgan fingerprint density at radius 1 is 0.779 bits per heavy atom. The van der Waals surface area contributed by atoms with Crippen LogP contribution < -0.4 is 10.6 Å². The Kier molecular flexibility index (Phi) is 20.0. The quantitative estimate of drug-likeness (QED) is 0.0472. The summed E-state index contributed by atoms with van der Waals surface area (Å²) in [6, 6.07) is 19.7. The summed E-state index contributed by atoms with van der Waals surface area (Å²) in [7, 11) is -3.19. The second-order valence-corrected chi connectivity index (χ2v) is 19.5. The molecule has 2 fully saturated rings. The van der Waals surface area contributed by atoms with Crippen molar-refractivity contribution in [3.63, 3.8) is 0 Å². The van der Waals surface area contributed by atoms with Crippen molar-refractivity contribution in [3.05, 3.63) is 96.6 Å². The van der Waals surface area contributed by atoms with Crippen LogP contribution in [0.1, 0.15) is 58.9 Å². The molecule has 1 saturated heterocycles. The predicted molar refractivity (Wildman–Crippen MR) is 262 cm³/mol. The molecule has 3 amide bonds. The van der Waals surface area contributed by atoms with Gasteiger partial charge in [0.05, 0.1) is 13.2 Å². The number of alkyl carbamates (subject to hydrolysis) is 1. The highest BCUT2D eigenvalue weighted by Gasteiger charge is 2.63. The molecule has 404 valence electrons. The summed E-state index contributed by atoms with van der Waals surface area (Å²) in [5.74, 6) is -2.65. The second-order valence-electron chi connectivity index (χ2n) is 17.6. The fraction of sp³-hybridized carbons (Fsp3) is 0.442. The summed E-state index contributed by atoms with van der Waals surface area (Å²) in [4.78, 5) is 58.5. The normalized spacial score (nSPS) is 23.2. The lowest BCUT2D eigenvalue weighted by Crippen LogP contribution is -2.59. The van der Waals surface area contributed by atoms with Gasteiger partial charge in [0.25, 0.3) is 0 Å². The van der Waals surface area contributed by atoms with Gasteiger partial charge in [-0.1, -0.05) is 78.9 Å². The molecule has 0 radical (unpaired) electrons. The largest absolute Gasteiger partial charge is 0.464 e. The molecule has 0 aromatic heterocycles. The van der Waals surface area contributed by atoms with E-state index in [2.05, 4.69) is 110 Å². The van der Waals surface area contributed by atoms with Gasteiger partial charge in [-0.05, 0) is 159 Å². The first-order valence-electron chi connectivity index (χ1n) is 23.3. The van der Waals surface area contributed by atoms with E-state index in [0.29, 0.717) is 12.0 Å². The molecule has 33 nitrogen and oxygen atoms in total. The fourth-order valence-electron chi connectivity index (χ4n) is 8.17. The maximum atomic E-state index is 15.4. The van der Waals surface area contributed by atoms with Gasteiger partial charge in [-0.2, -0.15) is 9.84 Å². The van der Waals surface area contributed by atoms with Crippen molar-refractivity contribution in [1.29, 1.82) is 5.53 Å². The summed E-state index contributed by atoms with van der Waals surface area (Å²) >= 11 is 0. The van der Waals surface area contributed by atoms with Gasteiger partial charge in [-0.15, -0.1) is 5.11 Å². The number of carbonyl (C=O) groups is 4. The average molecular weight is 1080 g/mol. The van der Waals surface area contributed by atoms with E-state index < -0.39 is 75.2 Å². The molecule has 5 atom stereocenters. The number of rotatable bonds is 18. The Hall–Kier alpha value is -9.05. The number of methoxy groups -OCH3 is 1. The standard InChI is InChI=1S/C43H52N24O9S/c1-6-75-39(70)43-25-32(43)17-11-8-14-24-66(77(72,73)36-19-13-12-18-33(36)47-49-51-53-55-57-59-61-63-65-64-62-60-58-56-54-52-50-48-44)27-34(45-40(71)76-41(2,3)4)38(69)67-28-42(74-5,26-35(67)37(68)46-43)31-22-20-30(21-23-31)29-15-9-7-10-16-29/h7,9-13,15-23,32,34-35,44H,6,8,14,24-28H2,1-5H3,(H,45,71)(H,46,68)/t32-,34+,35+,42+,43-/m1/s1. The molecule has 0 bridgehead atoms. The first-order chi connectivity index (χ1) is 37.1. The Bertz CT molecular complexity index is 3000. The minimum atomic E-state index is -4.65. The smallest absolute Gasteiger partial charge is 0.408 e. The van der Waals surface area contributed by atoms with Crippen molar-refractivity contribution < 1.29 is 41.8 Å². The van der Waals surface area contributed by atoms with Gasteiger partial charge in [0.1, 0.15) is 39.4 Å². The fourth-order valence-corrected chi connectivity index (χ4v) is 9.79. The number of nitrogens with zero attached hydrogens (tertiary/aromatic N) is 21. The SMILES string of the molecule is CCOC(=O)[C@@]12C[C@H]1C=CCCCN(S(=O)(=O)c1ccccc1N=NN=NN=NN=NN=NN=NN=NN=NN=NN=N)C[C@H](NC(=O)OC(C)(C)C)C(=O)N1C[C@](OC)(c3ccc(-c4ccccc4)cc3)C[C@H]1C(=O)N2. The van der Waals surface area contributed by atoms with Crippen LogP contribution in [0.3, 0.4) is 0 Å². The molecule has 77 heavy (non-hydrogen) atoms. The number of sulfonamides is 1. The van der Waals surface area contributed by atoms with Crippen LogP contribution in [-0.2, 0) is 44.2 Å². The monoisotopic (exact) mass is 1080 g/mol. The number of nitrogens with one attached hydrogen (secondary N) is 3. The van der Waals surface area contributed by atoms with E-state index in [9.17, 15) is 22.8 Å². The minimum Gasteiger partial charge on any atom is -0.464 e. The highest BCUT2D eigenvalue weighted by Crippen LogP contribution is 2.47. The van der Waals surface area contributed by atoms with Crippen molar-refractivity contribution in [3.8, 4) is 11.1 Å². The molecule has 34 heteroatoms. The minimum absolute atomic E-state index is 0.0476. The van der Waals surface area contributed by atoms with Crippen LogP contribution in [0, 0.1) is 11.4 Å². The summed E-state index contributed by atoms with van der Waals surface area (Å²) in [6.07, 6.45) is 3.13. The number of hydrogen-bond acceptors (Lipinski definition) is 11. The highest BCUT2D eigenvalue weighted by molar-refractivity contribution is 7.89. The Morgan fingerprint density at radius 3 is 1.94 bits per heavy atom. The molecular formula is C43H52N24O9S. The topological polar surface area (TPSA) is 419 Å². The lowest BCUT2D eigenvalue weighted by atomic mass is 9.89. The summed E-state index contributed by atoms with van der Waals surface area (Å²) < 4.78 is 48.3. The molecule has 0 unspecified atom stereocenters. The van der Waals surface area contributed by atoms with Crippen LogP contribution in [0.25, 0.3) is 11.1 Å². The van der Waals surface area contributed by atoms with Crippen LogP contribution in [0.2, 0.25) is 0 Å². The van der Waals surface area contributed by atoms with Crippen LogP contribution >= 0.6 is 0 Å². The maximum absolute atomic E-state index is 15.4. The molecule has 2 heterocycles. The number of amides is 3. The van der Waals surface area contributed by atoms with Gasteiger partial charge in [0.2, 0.25) is 21.8 Å². The maximum Gasteiger partial charge on any atom is 0.408 e. The number of allylic oxidation sites excluding steroid dienone is 1. The third-order valence-electron chi connectivity index (χ3n) is 11.7. The molecule has 1 aliphatic carbocycles. The van der Waals surface area contributed by atoms with E-state index in [1.807, 2.05) is 54.6 Å². The molecule has 3 aromatic carbocycles. The zero-order valence-corrected chi connectivity index (χ0v) is 42.8. The van der Waals surface area contributed by atoms with Gasteiger partial charge in [-0.25, -0.2) is 18.0 Å². The summed E-state index contributed by atoms with van der Waals surface area (Å²) in [5.41, 5.74) is 4.86. The molecule has 3 aliphatic rings. The molecule has 3 N–H and O–H groups in total. The number of ether oxygens (including phenoxy) is 3. The van der Waals surface area contributed by atoms with Crippen molar-refractivity contribution in [1.82, 2.24) is 19.8 Å². The average Bonchev–Trinajstić information content (AvgIpc) is 4.04. The lowest BCUT2D eigenvalue weighted by molar-refractivity contribution is -0.150. The number of hydrogen-bond donors (Lipinski definition) is 3. The number of benzene rings is 3. The number of fused-ring (bicyclic) bond motifs is 2. The molecule has 6 rings (SSSR count). The Labute approximate surface area is 438 Å². The van der Waals surface area contributed by atoms with E-state index in [1.165, 1.54) is 36.3 Å². The Morgan fingerprint density at radius 2 is 1.35 bits per heavy atom. The van der Waals surface area contributed by atoms with E-state index in [0.717, 1.165) is 15.4 Å². The third-order valence-corrected chi connectivity index (χ3v) is 13.6. The van der Waals surface area contributed by atoms with Crippen molar-refractivity contribution in [2.45, 2.75) is 87.1 Å².